The molecule has 2 aromatic rings. The van der Waals surface area contributed by atoms with Gasteiger partial charge < -0.3 is 10.1 Å². The second kappa shape index (κ2) is 5.69. The van der Waals surface area contributed by atoms with Gasteiger partial charge in [-0.15, -0.1) is 0 Å². The molecule has 0 bridgehead atoms. The lowest BCUT2D eigenvalue weighted by Crippen LogP contribution is -2.04. The fourth-order valence-electron chi connectivity index (χ4n) is 1.86. The maximum atomic E-state index is 5.84. The van der Waals surface area contributed by atoms with Crippen LogP contribution in [0.1, 0.15) is 23.7 Å². The highest BCUT2D eigenvalue weighted by Crippen LogP contribution is 2.25. The molecule has 0 aliphatic carbocycles. The second-order valence-electron chi connectivity index (χ2n) is 4.57. The van der Waals surface area contributed by atoms with Crippen molar-refractivity contribution in [3.8, 4) is 11.6 Å². The summed E-state index contributed by atoms with van der Waals surface area (Å²) < 4.78 is 5.84. The molecule has 0 aliphatic heterocycles. The molecule has 0 fully saturated rings. The molecule has 0 saturated carbocycles. The minimum Gasteiger partial charge on any atom is -0.439 e. The molecule has 100 valence electrons. The van der Waals surface area contributed by atoms with E-state index < -0.39 is 0 Å². The van der Waals surface area contributed by atoms with Crippen LogP contribution in [0.3, 0.4) is 0 Å². The first kappa shape index (κ1) is 13.3. The molecule has 0 spiro atoms. The Labute approximate surface area is 113 Å². The molecule has 1 aromatic carbocycles. The van der Waals surface area contributed by atoms with Gasteiger partial charge in [-0.3, -0.25) is 0 Å². The summed E-state index contributed by atoms with van der Waals surface area (Å²) in [5.74, 6) is 1.99. The van der Waals surface area contributed by atoms with Gasteiger partial charge in [0, 0.05) is 18.3 Å². The van der Waals surface area contributed by atoms with Crippen molar-refractivity contribution in [2.24, 2.45) is 0 Å². The predicted molar refractivity (Wildman–Crippen MR) is 76.9 cm³/mol. The molecule has 1 aromatic heterocycles. The highest BCUT2D eigenvalue weighted by atomic mass is 16.5. The zero-order valence-corrected chi connectivity index (χ0v) is 11.8. The van der Waals surface area contributed by atoms with Gasteiger partial charge in [-0.1, -0.05) is 17.7 Å². The van der Waals surface area contributed by atoms with E-state index >= 15 is 0 Å². The van der Waals surface area contributed by atoms with E-state index in [2.05, 4.69) is 28.3 Å². The Kier molecular flexibility index (Phi) is 4.00. The van der Waals surface area contributed by atoms with Gasteiger partial charge in [0.25, 0.3) is 0 Å². The highest BCUT2D eigenvalue weighted by molar-refractivity contribution is 5.39. The topological polar surface area (TPSA) is 47.0 Å². The van der Waals surface area contributed by atoms with Crippen LogP contribution in [0.4, 0.5) is 5.95 Å². The third-order valence-corrected chi connectivity index (χ3v) is 2.71. The van der Waals surface area contributed by atoms with Crippen molar-refractivity contribution < 1.29 is 4.74 Å². The summed E-state index contributed by atoms with van der Waals surface area (Å²) >= 11 is 0. The van der Waals surface area contributed by atoms with Crippen molar-refractivity contribution in [1.29, 1.82) is 0 Å². The molecule has 2 rings (SSSR count). The van der Waals surface area contributed by atoms with E-state index in [-0.39, 0.29) is 0 Å². The number of rotatable bonds is 4. The van der Waals surface area contributed by atoms with Crippen LogP contribution >= 0.6 is 0 Å². The minimum absolute atomic E-state index is 0.565. The molecular weight excluding hydrogens is 238 g/mol. The highest BCUT2D eigenvalue weighted by Gasteiger charge is 2.06. The van der Waals surface area contributed by atoms with Crippen LogP contribution in [0.5, 0.6) is 11.6 Å². The first-order valence-electron chi connectivity index (χ1n) is 6.43. The maximum Gasteiger partial charge on any atom is 0.226 e. The van der Waals surface area contributed by atoms with Gasteiger partial charge in [0.15, 0.2) is 0 Å². The van der Waals surface area contributed by atoms with Gasteiger partial charge in [0.2, 0.25) is 11.8 Å². The van der Waals surface area contributed by atoms with Crippen LogP contribution in [0.15, 0.2) is 24.3 Å². The van der Waals surface area contributed by atoms with Crippen LogP contribution in [0.25, 0.3) is 0 Å². The second-order valence-corrected chi connectivity index (χ2v) is 4.57. The standard InChI is InChI=1S/C15H19N3O/c1-5-16-15-17-12(4)9-14(18-15)19-13-7-6-10(2)8-11(13)3/h6-9H,5H2,1-4H3,(H,16,17,18). The first-order valence-corrected chi connectivity index (χ1v) is 6.43. The molecule has 0 atom stereocenters. The number of benzene rings is 1. The fourth-order valence-corrected chi connectivity index (χ4v) is 1.86. The molecule has 1 heterocycles. The average molecular weight is 257 g/mol. The molecule has 0 saturated heterocycles. The molecule has 0 aliphatic rings. The Morgan fingerprint density at radius 2 is 1.89 bits per heavy atom. The van der Waals surface area contributed by atoms with Crippen molar-refractivity contribution in [1.82, 2.24) is 9.97 Å². The number of aromatic nitrogens is 2. The number of nitrogens with one attached hydrogen (secondary N) is 1. The van der Waals surface area contributed by atoms with Gasteiger partial charge >= 0.3 is 0 Å². The average Bonchev–Trinajstić information content (AvgIpc) is 2.32. The zero-order valence-electron chi connectivity index (χ0n) is 11.8. The lowest BCUT2D eigenvalue weighted by Gasteiger charge is -2.10. The van der Waals surface area contributed by atoms with Gasteiger partial charge in [0.1, 0.15) is 5.75 Å². The Balaban J connectivity index is 2.27. The van der Waals surface area contributed by atoms with Gasteiger partial charge in [-0.05, 0) is 39.3 Å². The number of hydrogen-bond donors (Lipinski definition) is 1. The predicted octanol–water partition coefficient (Wildman–Crippen LogP) is 3.63. The Morgan fingerprint density at radius 3 is 2.58 bits per heavy atom. The van der Waals surface area contributed by atoms with Crippen LogP contribution in [-0.4, -0.2) is 16.5 Å². The molecule has 4 heteroatoms. The number of aryl methyl sites for hydroxylation is 3. The summed E-state index contributed by atoms with van der Waals surface area (Å²) in [6, 6.07) is 7.92. The third-order valence-electron chi connectivity index (χ3n) is 2.71. The Hall–Kier alpha value is -2.10. The van der Waals surface area contributed by atoms with E-state index in [1.165, 1.54) is 5.56 Å². The monoisotopic (exact) mass is 257 g/mol. The van der Waals surface area contributed by atoms with Crippen LogP contribution < -0.4 is 10.1 Å². The summed E-state index contributed by atoms with van der Waals surface area (Å²) in [6.07, 6.45) is 0. The molecule has 19 heavy (non-hydrogen) atoms. The van der Waals surface area contributed by atoms with Crippen LogP contribution in [0, 0.1) is 20.8 Å². The van der Waals surface area contributed by atoms with E-state index in [1.54, 1.807) is 0 Å². The molecule has 0 unspecified atom stereocenters. The number of ether oxygens (including phenoxy) is 1. The lowest BCUT2D eigenvalue weighted by atomic mass is 10.1. The van der Waals surface area contributed by atoms with Crippen molar-refractivity contribution in [3.63, 3.8) is 0 Å². The molecular formula is C15H19N3O. The summed E-state index contributed by atoms with van der Waals surface area (Å²) in [5.41, 5.74) is 3.20. The van der Waals surface area contributed by atoms with Crippen molar-refractivity contribution in [2.75, 3.05) is 11.9 Å². The van der Waals surface area contributed by atoms with Gasteiger partial charge in [0.05, 0.1) is 0 Å². The summed E-state index contributed by atoms with van der Waals surface area (Å²) in [4.78, 5) is 8.64. The molecule has 1 N–H and O–H groups in total. The van der Waals surface area contributed by atoms with E-state index in [4.69, 9.17) is 4.74 Å². The fraction of sp³-hybridized carbons (Fsp3) is 0.333. The largest absolute Gasteiger partial charge is 0.439 e. The van der Waals surface area contributed by atoms with Crippen LogP contribution in [0.2, 0.25) is 0 Å². The molecule has 0 radical (unpaired) electrons. The summed E-state index contributed by atoms with van der Waals surface area (Å²) in [6.45, 7) is 8.82. The first-order chi connectivity index (χ1) is 9.08. The lowest BCUT2D eigenvalue weighted by molar-refractivity contribution is 0.458. The third kappa shape index (κ3) is 3.44. The smallest absolute Gasteiger partial charge is 0.226 e. The normalized spacial score (nSPS) is 10.3. The van der Waals surface area contributed by atoms with E-state index in [1.807, 2.05) is 39.0 Å². The Morgan fingerprint density at radius 1 is 1.11 bits per heavy atom. The van der Waals surface area contributed by atoms with Gasteiger partial charge in [-0.2, -0.15) is 4.98 Å². The van der Waals surface area contributed by atoms with Crippen molar-refractivity contribution in [2.45, 2.75) is 27.7 Å². The number of nitrogens with zero attached hydrogens (tertiary/aromatic N) is 2. The minimum atomic E-state index is 0.565. The zero-order chi connectivity index (χ0) is 13.8. The molecule has 0 amide bonds. The summed E-state index contributed by atoms with van der Waals surface area (Å²) in [5, 5.41) is 3.10. The van der Waals surface area contributed by atoms with E-state index in [0.717, 1.165) is 23.6 Å². The van der Waals surface area contributed by atoms with Crippen molar-refractivity contribution in [3.05, 3.63) is 41.1 Å². The molecule has 4 nitrogen and oxygen atoms in total. The van der Waals surface area contributed by atoms with Crippen molar-refractivity contribution >= 4 is 5.95 Å². The maximum absolute atomic E-state index is 5.84. The van der Waals surface area contributed by atoms with E-state index in [0.29, 0.717) is 11.8 Å². The summed E-state index contributed by atoms with van der Waals surface area (Å²) in [7, 11) is 0. The van der Waals surface area contributed by atoms with Gasteiger partial charge in [-0.25, -0.2) is 4.98 Å². The van der Waals surface area contributed by atoms with Crippen LogP contribution in [-0.2, 0) is 0 Å². The SMILES string of the molecule is CCNc1nc(C)cc(Oc2ccc(C)cc2C)n1. The quantitative estimate of drug-likeness (QED) is 0.908. The van der Waals surface area contributed by atoms with E-state index in [9.17, 15) is 0 Å². The Bertz CT molecular complexity index is 582. The number of hydrogen-bond acceptors (Lipinski definition) is 4. The number of anilines is 1.